The van der Waals surface area contributed by atoms with Crippen LogP contribution in [0, 0.1) is 11.8 Å². The van der Waals surface area contributed by atoms with E-state index < -0.39 is 0 Å². The molecule has 1 saturated carbocycles. The minimum absolute atomic E-state index is 0.0392. The second-order valence-corrected chi connectivity index (χ2v) is 8.24. The van der Waals surface area contributed by atoms with Crippen LogP contribution in [0.2, 0.25) is 0 Å². The Labute approximate surface area is 177 Å². The van der Waals surface area contributed by atoms with Crippen LogP contribution in [0.4, 0.5) is 11.5 Å². The second kappa shape index (κ2) is 8.74. The summed E-state index contributed by atoms with van der Waals surface area (Å²) in [6.45, 7) is 4.52. The fourth-order valence-electron chi connectivity index (χ4n) is 4.35. The molecule has 1 aromatic heterocycles. The van der Waals surface area contributed by atoms with Gasteiger partial charge in [0.05, 0.1) is 23.9 Å². The molecule has 1 aliphatic carbocycles. The lowest BCUT2D eigenvalue weighted by Gasteiger charge is -2.34. The largest absolute Gasteiger partial charge is 0.495 e. The van der Waals surface area contributed by atoms with Gasteiger partial charge < -0.3 is 15.4 Å². The number of nitrogens with zero attached hydrogens (tertiary/aromatic N) is 1. The molecule has 0 saturated heterocycles. The van der Waals surface area contributed by atoms with Crippen LogP contribution >= 0.6 is 0 Å². The van der Waals surface area contributed by atoms with Gasteiger partial charge in [0.25, 0.3) is 5.91 Å². The number of hydrogen-bond acceptors (Lipinski definition) is 4. The number of nitrogens with one attached hydrogen (secondary N) is 2. The molecule has 4 rings (SSSR count). The lowest BCUT2D eigenvalue weighted by Crippen LogP contribution is -2.43. The Bertz CT molecular complexity index is 1050. The highest BCUT2D eigenvalue weighted by Crippen LogP contribution is 2.31. The van der Waals surface area contributed by atoms with Crippen molar-refractivity contribution in [3.63, 3.8) is 0 Å². The summed E-state index contributed by atoms with van der Waals surface area (Å²) in [5.41, 5.74) is 2.24. The molecule has 1 heterocycles. The van der Waals surface area contributed by atoms with Crippen molar-refractivity contribution < 1.29 is 9.53 Å². The zero-order chi connectivity index (χ0) is 21.1. The number of amides is 1. The number of pyridine rings is 1. The van der Waals surface area contributed by atoms with Crippen molar-refractivity contribution in [1.82, 2.24) is 10.3 Å². The van der Waals surface area contributed by atoms with Gasteiger partial charge in [-0.05, 0) is 42.5 Å². The maximum atomic E-state index is 13.3. The smallest absolute Gasteiger partial charge is 0.252 e. The van der Waals surface area contributed by atoms with Gasteiger partial charge in [-0.3, -0.25) is 4.79 Å². The number of benzene rings is 2. The topological polar surface area (TPSA) is 63.2 Å². The predicted molar refractivity (Wildman–Crippen MR) is 121 cm³/mol. The fraction of sp³-hybridized carbons (Fsp3) is 0.360. The van der Waals surface area contributed by atoms with Crippen LogP contribution in [-0.2, 0) is 0 Å². The summed E-state index contributed by atoms with van der Waals surface area (Å²) in [6, 6.07) is 17.5. The third kappa shape index (κ3) is 4.11. The molecule has 0 spiro atoms. The van der Waals surface area contributed by atoms with E-state index in [0.29, 0.717) is 23.2 Å². The summed E-state index contributed by atoms with van der Waals surface area (Å²) < 4.78 is 5.44. The molecule has 3 aromatic rings. The van der Waals surface area contributed by atoms with E-state index in [-0.39, 0.29) is 11.9 Å². The molecule has 5 heteroatoms. The van der Waals surface area contributed by atoms with Crippen LogP contribution in [0.5, 0.6) is 5.75 Å². The lowest BCUT2D eigenvalue weighted by molar-refractivity contribution is 0.0892. The van der Waals surface area contributed by atoms with Gasteiger partial charge in [0.1, 0.15) is 11.6 Å². The number of anilines is 2. The maximum absolute atomic E-state index is 13.3. The highest BCUT2D eigenvalue weighted by Gasteiger charge is 2.29. The van der Waals surface area contributed by atoms with Crippen LogP contribution in [-0.4, -0.2) is 24.0 Å². The van der Waals surface area contributed by atoms with Gasteiger partial charge in [-0.15, -0.1) is 0 Å². The Morgan fingerprint density at radius 2 is 1.83 bits per heavy atom. The molecule has 0 unspecified atom stereocenters. The van der Waals surface area contributed by atoms with E-state index in [9.17, 15) is 4.79 Å². The van der Waals surface area contributed by atoms with Crippen LogP contribution in [0.1, 0.15) is 43.5 Å². The van der Waals surface area contributed by atoms with E-state index in [1.54, 1.807) is 7.11 Å². The van der Waals surface area contributed by atoms with Crippen molar-refractivity contribution in [2.24, 2.45) is 11.8 Å². The molecule has 2 aromatic carbocycles. The van der Waals surface area contributed by atoms with Gasteiger partial charge >= 0.3 is 0 Å². The minimum Gasteiger partial charge on any atom is -0.495 e. The monoisotopic (exact) mass is 403 g/mol. The van der Waals surface area contributed by atoms with Gasteiger partial charge in [-0.25, -0.2) is 4.98 Å². The maximum Gasteiger partial charge on any atom is 0.252 e. The minimum atomic E-state index is -0.0392. The summed E-state index contributed by atoms with van der Waals surface area (Å²) in [4.78, 5) is 18.0. The second-order valence-electron chi connectivity index (χ2n) is 8.24. The number of rotatable bonds is 5. The van der Waals surface area contributed by atoms with E-state index in [1.165, 1.54) is 6.42 Å². The molecule has 3 atom stereocenters. The van der Waals surface area contributed by atoms with E-state index in [2.05, 4.69) is 24.5 Å². The predicted octanol–water partition coefficient (Wildman–Crippen LogP) is 5.54. The highest BCUT2D eigenvalue weighted by atomic mass is 16.5. The Balaban J connectivity index is 1.67. The first-order chi connectivity index (χ1) is 14.6. The summed E-state index contributed by atoms with van der Waals surface area (Å²) in [7, 11) is 1.64. The van der Waals surface area contributed by atoms with Gasteiger partial charge in [0.2, 0.25) is 0 Å². The van der Waals surface area contributed by atoms with Crippen molar-refractivity contribution in [2.75, 3.05) is 12.4 Å². The van der Waals surface area contributed by atoms with Crippen molar-refractivity contribution in [3.05, 3.63) is 60.2 Å². The molecule has 0 radical (unpaired) electrons. The fourth-order valence-corrected chi connectivity index (χ4v) is 4.35. The number of carbonyl (C=O) groups is 1. The molecule has 1 fully saturated rings. The zero-order valence-electron chi connectivity index (χ0n) is 17.8. The summed E-state index contributed by atoms with van der Waals surface area (Å²) >= 11 is 0. The quantitative estimate of drug-likeness (QED) is 0.587. The first kappa shape index (κ1) is 20.2. The molecule has 30 heavy (non-hydrogen) atoms. The summed E-state index contributed by atoms with van der Waals surface area (Å²) in [5.74, 6) is 2.41. The number of aromatic nitrogens is 1. The standard InChI is InChI=1S/C25H29N3O2/c1-16-9-8-13-20(17(16)2)28-25(29)19-15-24(26-21-11-5-4-10-18(19)21)27-22-12-6-7-14-23(22)30-3/h4-7,10-12,14-17,20H,8-9,13H2,1-3H3,(H,26,27)(H,28,29)/t16-,17+,20-/m1/s1. The molecular formula is C25H29N3O2. The normalized spacial score (nSPS) is 21.2. The van der Waals surface area contributed by atoms with E-state index in [1.807, 2.05) is 54.6 Å². The van der Waals surface area contributed by atoms with E-state index in [0.717, 1.165) is 35.2 Å². The SMILES string of the molecule is COc1ccccc1Nc1cc(C(=O)N[C@@H]2CCC[C@@H](C)[C@@H]2C)c2ccccc2n1. The number of carbonyl (C=O) groups excluding carboxylic acids is 1. The van der Waals surface area contributed by atoms with Crippen molar-refractivity contribution in [3.8, 4) is 5.75 Å². The number of ether oxygens (including phenoxy) is 1. The van der Waals surface area contributed by atoms with Gasteiger partial charge in [-0.1, -0.05) is 57.0 Å². The zero-order valence-corrected chi connectivity index (χ0v) is 17.8. The summed E-state index contributed by atoms with van der Waals surface area (Å²) in [6.07, 6.45) is 3.43. The number of methoxy groups -OCH3 is 1. The molecule has 1 aliphatic rings. The van der Waals surface area contributed by atoms with E-state index in [4.69, 9.17) is 9.72 Å². The Hall–Kier alpha value is -3.08. The van der Waals surface area contributed by atoms with Crippen molar-refractivity contribution in [1.29, 1.82) is 0 Å². The first-order valence-corrected chi connectivity index (χ1v) is 10.7. The molecular weight excluding hydrogens is 374 g/mol. The first-order valence-electron chi connectivity index (χ1n) is 10.7. The molecule has 0 bridgehead atoms. The van der Waals surface area contributed by atoms with Crippen molar-refractivity contribution >= 4 is 28.3 Å². The molecule has 156 valence electrons. The molecule has 5 nitrogen and oxygen atoms in total. The highest BCUT2D eigenvalue weighted by molar-refractivity contribution is 6.07. The lowest BCUT2D eigenvalue weighted by atomic mass is 9.78. The van der Waals surface area contributed by atoms with Gasteiger partial charge in [-0.2, -0.15) is 0 Å². The Morgan fingerprint density at radius 1 is 1.07 bits per heavy atom. The third-order valence-corrected chi connectivity index (χ3v) is 6.35. The molecule has 0 aliphatic heterocycles. The van der Waals surface area contributed by atoms with Gasteiger partial charge in [0, 0.05) is 11.4 Å². The number of fused-ring (bicyclic) bond motifs is 1. The van der Waals surface area contributed by atoms with Crippen molar-refractivity contribution in [2.45, 2.75) is 39.2 Å². The van der Waals surface area contributed by atoms with Gasteiger partial charge in [0.15, 0.2) is 0 Å². The average molecular weight is 404 g/mol. The Kier molecular flexibility index (Phi) is 5.88. The molecule has 2 N–H and O–H groups in total. The Morgan fingerprint density at radius 3 is 2.67 bits per heavy atom. The van der Waals surface area contributed by atoms with Crippen LogP contribution in [0.15, 0.2) is 54.6 Å². The number of hydrogen-bond donors (Lipinski definition) is 2. The summed E-state index contributed by atoms with van der Waals surface area (Å²) in [5, 5.41) is 7.47. The van der Waals surface area contributed by atoms with Crippen LogP contribution < -0.4 is 15.4 Å². The average Bonchev–Trinajstić information content (AvgIpc) is 2.76. The van der Waals surface area contributed by atoms with E-state index >= 15 is 0 Å². The molecule has 1 amide bonds. The van der Waals surface area contributed by atoms with Crippen LogP contribution in [0.3, 0.4) is 0 Å². The third-order valence-electron chi connectivity index (χ3n) is 6.35. The number of para-hydroxylation sites is 3. The van der Waals surface area contributed by atoms with Crippen LogP contribution in [0.25, 0.3) is 10.9 Å².